The zero-order valence-electron chi connectivity index (χ0n) is 16.0. The highest BCUT2D eigenvalue weighted by Gasteiger charge is 2.42. The summed E-state index contributed by atoms with van der Waals surface area (Å²) < 4.78 is 10.5. The van der Waals surface area contributed by atoms with E-state index in [1.54, 1.807) is 45.0 Å². The monoisotopic (exact) mass is 364 g/mol. The lowest BCUT2D eigenvalue weighted by Gasteiger charge is -2.27. The molecule has 0 spiro atoms. The molecule has 1 rings (SSSR count). The van der Waals surface area contributed by atoms with Crippen molar-refractivity contribution >= 4 is 17.9 Å². The molecule has 0 saturated carbocycles. The molecule has 0 aliphatic heterocycles. The van der Waals surface area contributed by atoms with E-state index in [0.29, 0.717) is 0 Å². The average Bonchev–Trinajstić information content (AvgIpc) is 2.51. The van der Waals surface area contributed by atoms with Crippen molar-refractivity contribution in [3.63, 3.8) is 0 Å². The number of carbonyl (C=O) groups excluding carboxylic acids is 2. The van der Waals surface area contributed by atoms with Gasteiger partial charge in [0.25, 0.3) is 0 Å². The fourth-order valence-corrected chi connectivity index (χ4v) is 2.51. The predicted octanol–water partition coefficient (Wildman–Crippen LogP) is 3.43. The van der Waals surface area contributed by atoms with Crippen LogP contribution in [-0.2, 0) is 30.5 Å². The zero-order chi connectivity index (χ0) is 19.9. The van der Waals surface area contributed by atoms with Gasteiger partial charge in [-0.25, -0.2) is 0 Å². The number of benzene rings is 1. The van der Waals surface area contributed by atoms with Gasteiger partial charge >= 0.3 is 17.9 Å². The molecule has 1 unspecified atom stereocenters. The van der Waals surface area contributed by atoms with Crippen LogP contribution in [0.5, 0.6) is 0 Å². The van der Waals surface area contributed by atoms with Crippen molar-refractivity contribution < 1.29 is 29.0 Å². The third-order valence-corrected chi connectivity index (χ3v) is 3.58. The maximum Gasteiger partial charge on any atom is 0.321 e. The number of rotatable bonds is 8. The van der Waals surface area contributed by atoms with Crippen LogP contribution in [0.25, 0.3) is 0 Å². The average molecular weight is 364 g/mol. The van der Waals surface area contributed by atoms with Crippen LogP contribution in [0.3, 0.4) is 0 Å². The second kappa shape index (κ2) is 9.36. The molecule has 1 aromatic carbocycles. The van der Waals surface area contributed by atoms with Gasteiger partial charge in [0.15, 0.2) is 5.92 Å². The molecule has 0 aromatic heterocycles. The number of carboxylic acid groups (broad SMARTS) is 1. The van der Waals surface area contributed by atoms with Gasteiger partial charge in [-0.1, -0.05) is 44.2 Å². The summed E-state index contributed by atoms with van der Waals surface area (Å²) in [5.41, 5.74) is -0.0359. The van der Waals surface area contributed by atoms with Gasteiger partial charge in [0.1, 0.15) is 12.2 Å². The molecule has 2 atom stereocenters. The molecule has 1 aromatic rings. The van der Waals surface area contributed by atoms with Gasteiger partial charge in [0, 0.05) is 0 Å². The smallest absolute Gasteiger partial charge is 0.321 e. The summed E-state index contributed by atoms with van der Waals surface area (Å²) in [6.45, 7) is 8.74. The van der Waals surface area contributed by atoms with E-state index in [2.05, 4.69) is 0 Å². The third-order valence-electron chi connectivity index (χ3n) is 3.58. The maximum atomic E-state index is 12.5. The Labute approximate surface area is 154 Å². The molecule has 26 heavy (non-hydrogen) atoms. The molecule has 0 fully saturated rings. The number of aliphatic carboxylic acids is 1. The first kappa shape index (κ1) is 21.7. The first-order valence-electron chi connectivity index (χ1n) is 8.67. The van der Waals surface area contributed by atoms with Crippen LogP contribution >= 0.6 is 0 Å². The molecule has 6 heteroatoms. The van der Waals surface area contributed by atoms with Crippen LogP contribution < -0.4 is 0 Å². The van der Waals surface area contributed by atoms with Gasteiger partial charge in [-0.2, -0.15) is 0 Å². The minimum Gasteiger partial charge on any atom is -0.481 e. The van der Waals surface area contributed by atoms with Gasteiger partial charge in [0.05, 0.1) is 5.92 Å². The van der Waals surface area contributed by atoms with Gasteiger partial charge in [-0.3, -0.25) is 14.4 Å². The second-order valence-electron chi connectivity index (χ2n) is 7.68. The first-order chi connectivity index (χ1) is 12.0. The summed E-state index contributed by atoms with van der Waals surface area (Å²) in [5.74, 6) is -5.71. The maximum absolute atomic E-state index is 12.5. The van der Waals surface area contributed by atoms with E-state index in [1.807, 2.05) is 19.9 Å². The Kier molecular flexibility index (Phi) is 7.80. The van der Waals surface area contributed by atoms with Gasteiger partial charge < -0.3 is 14.6 Å². The zero-order valence-corrected chi connectivity index (χ0v) is 16.0. The molecule has 1 N–H and O–H groups in total. The molecule has 144 valence electrons. The molecule has 0 aliphatic carbocycles. The van der Waals surface area contributed by atoms with Crippen molar-refractivity contribution in [1.29, 1.82) is 0 Å². The lowest BCUT2D eigenvalue weighted by Crippen LogP contribution is -2.40. The predicted molar refractivity (Wildman–Crippen MR) is 96.2 cm³/mol. The fourth-order valence-electron chi connectivity index (χ4n) is 2.51. The highest BCUT2D eigenvalue weighted by molar-refractivity contribution is 5.98. The van der Waals surface area contributed by atoms with E-state index >= 15 is 0 Å². The standard InChI is InChI=1S/C20H28O6/c1-13(2)11-15(18(23)26-20(3,4)5)16(17(21)22)19(24)25-12-14-9-7-6-8-10-14/h6-10,13,15-16H,11-12H2,1-5H3,(H,21,22)/t15-,16?/m0/s1. The first-order valence-corrected chi connectivity index (χ1v) is 8.67. The molecule has 0 radical (unpaired) electrons. The third kappa shape index (κ3) is 7.25. The summed E-state index contributed by atoms with van der Waals surface area (Å²) in [7, 11) is 0. The van der Waals surface area contributed by atoms with Crippen molar-refractivity contribution in [1.82, 2.24) is 0 Å². The number of hydrogen-bond donors (Lipinski definition) is 1. The number of esters is 2. The van der Waals surface area contributed by atoms with Crippen molar-refractivity contribution in [2.45, 2.75) is 53.2 Å². The van der Waals surface area contributed by atoms with E-state index in [1.165, 1.54) is 0 Å². The van der Waals surface area contributed by atoms with E-state index in [0.717, 1.165) is 5.56 Å². The highest BCUT2D eigenvalue weighted by Crippen LogP contribution is 2.26. The second-order valence-corrected chi connectivity index (χ2v) is 7.68. The molecule has 6 nitrogen and oxygen atoms in total. The number of carboxylic acids is 1. The van der Waals surface area contributed by atoms with E-state index < -0.39 is 35.3 Å². The molecule has 0 aliphatic rings. The summed E-state index contributed by atoms with van der Waals surface area (Å²) in [6.07, 6.45) is 0.215. The molecule has 0 bridgehead atoms. The number of ether oxygens (including phenoxy) is 2. The Morgan fingerprint density at radius 3 is 2.08 bits per heavy atom. The Hall–Kier alpha value is -2.37. The van der Waals surface area contributed by atoms with Crippen molar-refractivity contribution in [2.75, 3.05) is 0 Å². The van der Waals surface area contributed by atoms with Crippen LogP contribution in [0.15, 0.2) is 30.3 Å². The quantitative estimate of drug-likeness (QED) is 0.561. The Balaban J connectivity index is 2.97. The molecular weight excluding hydrogens is 336 g/mol. The fraction of sp³-hybridized carbons (Fsp3) is 0.550. The summed E-state index contributed by atoms with van der Waals surface area (Å²) in [5, 5.41) is 9.56. The van der Waals surface area contributed by atoms with Crippen LogP contribution in [0.2, 0.25) is 0 Å². The molecular formula is C20H28O6. The number of hydrogen-bond acceptors (Lipinski definition) is 5. The van der Waals surface area contributed by atoms with Crippen LogP contribution in [0.1, 0.15) is 46.6 Å². The Morgan fingerprint density at radius 2 is 1.62 bits per heavy atom. The minimum absolute atomic E-state index is 0.0105. The molecule has 0 amide bonds. The number of carbonyl (C=O) groups is 3. The van der Waals surface area contributed by atoms with Gasteiger partial charge in [-0.15, -0.1) is 0 Å². The van der Waals surface area contributed by atoms with Gasteiger partial charge in [-0.05, 0) is 38.7 Å². The van der Waals surface area contributed by atoms with Crippen LogP contribution in [0.4, 0.5) is 0 Å². The summed E-state index contributed by atoms with van der Waals surface area (Å²) >= 11 is 0. The Bertz CT molecular complexity index is 615. The van der Waals surface area contributed by atoms with Crippen molar-refractivity contribution in [3.05, 3.63) is 35.9 Å². The van der Waals surface area contributed by atoms with Crippen molar-refractivity contribution in [3.8, 4) is 0 Å². The topological polar surface area (TPSA) is 89.9 Å². The lowest BCUT2D eigenvalue weighted by molar-refractivity contribution is -0.175. The normalized spacial score (nSPS) is 13.8. The van der Waals surface area contributed by atoms with E-state index in [4.69, 9.17) is 9.47 Å². The van der Waals surface area contributed by atoms with E-state index in [9.17, 15) is 19.5 Å². The van der Waals surface area contributed by atoms with E-state index in [-0.39, 0.29) is 18.9 Å². The van der Waals surface area contributed by atoms with Crippen molar-refractivity contribution in [2.24, 2.45) is 17.8 Å². The lowest BCUT2D eigenvalue weighted by atomic mass is 9.85. The Morgan fingerprint density at radius 1 is 1.04 bits per heavy atom. The minimum atomic E-state index is -1.60. The molecule has 0 saturated heterocycles. The van der Waals surface area contributed by atoms with Gasteiger partial charge in [0.2, 0.25) is 0 Å². The summed E-state index contributed by atoms with van der Waals surface area (Å²) in [6, 6.07) is 8.94. The van der Waals surface area contributed by atoms with Crippen LogP contribution in [-0.4, -0.2) is 28.6 Å². The molecule has 0 heterocycles. The highest BCUT2D eigenvalue weighted by atomic mass is 16.6. The largest absolute Gasteiger partial charge is 0.481 e. The summed E-state index contributed by atoms with van der Waals surface area (Å²) in [4.78, 5) is 36.7. The van der Waals surface area contributed by atoms with Crippen LogP contribution in [0, 0.1) is 17.8 Å². The SMILES string of the molecule is CC(C)C[C@H](C(=O)OC(C)(C)C)C(C(=O)O)C(=O)OCc1ccccc1.